The zero-order chi connectivity index (χ0) is 18.1. The Morgan fingerprint density at radius 3 is 2.12 bits per heavy atom. The molecular weight excluding hydrogens is 296 g/mol. The fourth-order valence-corrected chi connectivity index (χ4v) is 6.67. The Morgan fingerprint density at radius 2 is 1.50 bits per heavy atom. The van der Waals surface area contributed by atoms with E-state index in [2.05, 4.69) is 34.6 Å². The lowest BCUT2D eigenvalue weighted by Crippen LogP contribution is -2.48. The standard InChI is InChI=1S/C20H36.C2H4O2/c1-14-7-6-11-20(5)12-10-17-15(2)8-9-16(13-18(14)20)19(17,3)4;1-2(3)4/h14-18H,6-13H2,1-5H3;1H3,(H,3,4)/t14-,15-,16+,17+,18-,20+;/m1./s1. The minimum absolute atomic E-state index is 0.593. The molecule has 3 fully saturated rings. The molecule has 0 heterocycles. The maximum absolute atomic E-state index is 9.00. The van der Waals surface area contributed by atoms with Gasteiger partial charge in [0, 0.05) is 6.92 Å². The second kappa shape index (κ2) is 7.38. The van der Waals surface area contributed by atoms with Gasteiger partial charge in [0.15, 0.2) is 0 Å². The number of hydrogen-bond donors (Lipinski definition) is 1. The van der Waals surface area contributed by atoms with E-state index in [-0.39, 0.29) is 0 Å². The number of aliphatic carboxylic acids is 1. The van der Waals surface area contributed by atoms with Crippen molar-refractivity contribution in [2.75, 3.05) is 0 Å². The van der Waals surface area contributed by atoms with Crippen LogP contribution < -0.4 is 0 Å². The van der Waals surface area contributed by atoms with Crippen LogP contribution in [0.3, 0.4) is 0 Å². The topological polar surface area (TPSA) is 37.3 Å². The molecule has 0 aromatic rings. The molecule has 0 aliphatic heterocycles. The van der Waals surface area contributed by atoms with E-state index >= 15 is 0 Å². The highest BCUT2D eigenvalue weighted by Crippen LogP contribution is 2.60. The predicted octanol–water partition coefficient (Wildman–Crippen LogP) is 6.39. The van der Waals surface area contributed by atoms with Crippen molar-refractivity contribution in [3.8, 4) is 0 Å². The van der Waals surface area contributed by atoms with Crippen LogP contribution in [0.2, 0.25) is 0 Å². The maximum Gasteiger partial charge on any atom is 0.300 e. The van der Waals surface area contributed by atoms with E-state index in [9.17, 15) is 0 Å². The third kappa shape index (κ3) is 3.99. The third-order valence-corrected chi connectivity index (χ3v) is 8.22. The summed E-state index contributed by atoms with van der Waals surface area (Å²) >= 11 is 0. The van der Waals surface area contributed by atoms with E-state index in [1.807, 2.05) is 0 Å². The average Bonchev–Trinajstić information content (AvgIpc) is 2.43. The van der Waals surface area contributed by atoms with Crippen LogP contribution in [0.4, 0.5) is 0 Å². The van der Waals surface area contributed by atoms with Gasteiger partial charge in [-0.25, -0.2) is 0 Å². The second-order valence-corrected chi connectivity index (χ2v) is 10.1. The summed E-state index contributed by atoms with van der Waals surface area (Å²) in [5.41, 5.74) is 1.26. The number of carbonyl (C=O) groups is 1. The van der Waals surface area contributed by atoms with Crippen LogP contribution in [0.1, 0.15) is 92.9 Å². The van der Waals surface area contributed by atoms with E-state index in [4.69, 9.17) is 9.90 Å². The van der Waals surface area contributed by atoms with Crippen LogP contribution in [0.5, 0.6) is 0 Å². The molecule has 0 amide bonds. The van der Waals surface area contributed by atoms with Gasteiger partial charge in [0.25, 0.3) is 5.97 Å². The van der Waals surface area contributed by atoms with Crippen LogP contribution in [0.25, 0.3) is 0 Å². The normalized spacial score (nSPS) is 44.2. The molecule has 3 aliphatic rings. The zero-order valence-electron chi connectivity index (χ0n) is 16.9. The van der Waals surface area contributed by atoms with E-state index in [1.165, 1.54) is 51.4 Å². The number of fused-ring (bicyclic) bond motifs is 3. The molecule has 6 atom stereocenters. The van der Waals surface area contributed by atoms with E-state index in [0.29, 0.717) is 10.8 Å². The van der Waals surface area contributed by atoms with E-state index < -0.39 is 5.97 Å². The van der Waals surface area contributed by atoms with Crippen LogP contribution in [0.15, 0.2) is 0 Å². The van der Waals surface area contributed by atoms with Crippen molar-refractivity contribution in [2.24, 2.45) is 40.4 Å². The van der Waals surface area contributed by atoms with E-state index in [0.717, 1.165) is 36.5 Å². The molecule has 0 radical (unpaired) electrons. The van der Waals surface area contributed by atoms with Gasteiger partial charge in [-0.2, -0.15) is 0 Å². The lowest BCUT2D eigenvalue weighted by Gasteiger charge is -2.57. The monoisotopic (exact) mass is 336 g/mol. The van der Waals surface area contributed by atoms with Crippen molar-refractivity contribution in [3.63, 3.8) is 0 Å². The van der Waals surface area contributed by atoms with Crippen molar-refractivity contribution in [1.82, 2.24) is 0 Å². The minimum Gasteiger partial charge on any atom is -0.481 e. The molecule has 140 valence electrons. The molecule has 2 nitrogen and oxygen atoms in total. The molecule has 3 saturated carbocycles. The molecule has 3 aliphatic carbocycles. The quantitative estimate of drug-likeness (QED) is 0.556. The summed E-state index contributed by atoms with van der Waals surface area (Å²) in [6.45, 7) is 14.0. The predicted molar refractivity (Wildman–Crippen MR) is 101 cm³/mol. The zero-order valence-corrected chi connectivity index (χ0v) is 16.9. The minimum atomic E-state index is -0.833. The van der Waals surface area contributed by atoms with Gasteiger partial charge >= 0.3 is 0 Å². The Morgan fingerprint density at radius 1 is 0.917 bits per heavy atom. The van der Waals surface area contributed by atoms with Gasteiger partial charge in [-0.3, -0.25) is 4.79 Å². The molecule has 3 rings (SSSR count). The fourth-order valence-electron chi connectivity index (χ4n) is 6.67. The van der Waals surface area contributed by atoms with Gasteiger partial charge in [0.2, 0.25) is 0 Å². The Kier molecular flexibility index (Phi) is 6.08. The first-order valence-electron chi connectivity index (χ1n) is 10.3. The van der Waals surface area contributed by atoms with Gasteiger partial charge in [0.05, 0.1) is 0 Å². The highest BCUT2D eigenvalue weighted by atomic mass is 16.4. The average molecular weight is 337 g/mol. The van der Waals surface area contributed by atoms with Gasteiger partial charge in [-0.1, -0.05) is 53.9 Å². The summed E-state index contributed by atoms with van der Waals surface area (Å²) < 4.78 is 0. The third-order valence-electron chi connectivity index (χ3n) is 8.22. The van der Waals surface area contributed by atoms with Crippen molar-refractivity contribution in [3.05, 3.63) is 0 Å². The van der Waals surface area contributed by atoms with Crippen LogP contribution >= 0.6 is 0 Å². The molecule has 1 N–H and O–H groups in total. The first kappa shape index (κ1) is 19.8. The summed E-state index contributed by atoms with van der Waals surface area (Å²) in [6.07, 6.45) is 12.0. The van der Waals surface area contributed by atoms with Crippen LogP contribution in [-0.2, 0) is 4.79 Å². The van der Waals surface area contributed by atoms with E-state index in [1.54, 1.807) is 0 Å². The van der Waals surface area contributed by atoms with Gasteiger partial charge in [-0.05, 0) is 72.5 Å². The number of carboxylic acid groups (broad SMARTS) is 1. The highest BCUT2D eigenvalue weighted by molar-refractivity contribution is 5.62. The lowest BCUT2D eigenvalue weighted by molar-refractivity contribution is -0.134. The fraction of sp³-hybridized carbons (Fsp3) is 0.955. The summed E-state index contributed by atoms with van der Waals surface area (Å²) in [5.74, 6) is 4.09. The number of hydrogen-bond acceptors (Lipinski definition) is 1. The molecule has 0 spiro atoms. The summed E-state index contributed by atoms with van der Waals surface area (Å²) in [4.78, 5) is 9.00. The molecule has 2 bridgehead atoms. The Bertz CT molecular complexity index is 437. The highest BCUT2D eigenvalue weighted by Gasteiger charge is 2.50. The van der Waals surface area contributed by atoms with Crippen molar-refractivity contribution < 1.29 is 9.90 Å². The van der Waals surface area contributed by atoms with Crippen molar-refractivity contribution in [1.29, 1.82) is 0 Å². The molecule has 0 unspecified atom stereocenters. The Balaban J connectivity index is 0.000000471. The smallest absolute Gasteiger partial charge is 0.300 e. The van der Waals surface area contributed by atoms with Crippen molar-refractivity contribution in [2.45, 2.75) is 92.9 Å². The summed E-state index contributed by atoms with van der Waals surface area (Å²) in [5, 5.41) is 7.42. The molecular formula is C22H40O2. The van der Waals surface area contributed by atoms with Crippen LogP contribution in [0, 0.1) is 40.4 Å². The van der Waals surface area contributed by atoms with Gasteiger partial charge in [-0.15, -0.1) is 0 Å². The first-order chi connectivity index (χ1) is 11.1. The maximum atomic E-state index is 9.00. The molecule has 24 heavy (non-hydrogen) atoms. The first-order valence-corrected chi connectivity index (χ1v) is 10.3. The SMILES string of the molecule is CC(=O)O.C[C@@H]1CCC[C@@]2(C)CC[C@H]3[C@H](C)CC[C@@H](C[C@H]12)C3(C)C. The summed E-state index contributed by atoms with van der Waals surface area (Å²) in [6, 6.07) is 0. The van der Waals surface area contributed by atoms with Gasteiger partial charge < -0.3 is 5.11 Å². The number of rotatable bonds is 0. The molecule has 0 aromatic heterocycles. The lowest BCUT2D eigenvalue weighted by atomic mass is 9.48. The Labute approximate surface area is 149 Å². The Hall–Kier alpha value is -0.530. The summed E-state index contributed by atoms with van der Waals surface area (Å²) in [7, 11) is 0. The van der Waals surface area contributed by atoms with Crippen LogP contribution in [-0.4, -0.2) is 11.1 Å². The number of carboxylic acids is 1. The molecule has 0 saturated heterocycles. The molecule has 2 heteroatoms. The van der Waals surface area contributed by atoms with Crippen molar-refractivity contribution >= 4 is 5.97 Å². The molecule has 0 aromatic carbocycles. The second-order valence-electron chi connectivity index (χ2n) is 10.1. The van der Waals surface area contributed by atoms with Gasteiger partial charge in [0.1, 0.15) is 0 Å². The largest absolute Gasteiger partial charge is 0.481 e.